The summed E-state index contributed by atoms with van der Waals surface area (Å²) in [5.74, 6) is 14.5. The molecule has 0 spiro atoms. The fourth-order valence-corrected chi connectivity index (χ4v) is 4.00. The van der Waals surface area contributed by atoms with Gasteiger partial charge in [-0.25, -0.2) is 0 Å². The first-order valence-corrected chi connectivity index (χ1v) is 10.5. The van der Waals surface area contributed by atoms with Crippen LogP contribution in [-0.2, 0) is 0 Å². The summed E-state index contributed by atoms with van der Waals surface area (Å²) < 4.78 is 0. The minimum Gasteiger partial charge on any atom is -0.0982 e. The van der Waals surface area contributed by atoms with E-state index in [0.717, 1.165) is 34.9 Å². The second-order valence-corrected chi connectivity index (χ2v) is 7.61. The van der Waals surface area contributed by atoms with E-state index >= 15 is 0 Å². The predicted octanol–water partition coefficient (Wildman–Crippen LogP) is 6.92. The van der Waals surface area contributed by atoms with E-state index < -0.39 is 0 Å². The Morgan fingerprint density at radius 2 is 1.22 bits per heavy atom. The van der Waals surface area contributed by atoms with Gasteiger partial charge in [-0.2, -0.15) is 0 Å². The minimum absolute atomic E-state index is 0.747. The summed E-state index contributed by atoms with van der Waals surface area (Å²) in [5.41, 5.74) is 4.68. The van der Waals surface area contributed by atoms with Crippen LogP contribution in [0.5, 0.6) is 0 Å². The van der Waals surface area contributed by atoms with Gasteiger partial charge in [0.1, 0.15) is 0 Å². The van der Waals surface area contributed by atoms with Crippen LogP contribution in [-0.4, -0.2) is 0 Å². The van der Waals surface area contributed by atoms with E-state index in [0.29, 0.717) is 0 Å². The van der Waals surface area contributed by atoms with E-state index in [9.17, 15) is 0 Å². The summed E-state index contributed by atoms with van der Waals surface area (Å²) in [6.07, 6.45) is 9.13. The molecule has 138 valence electrons. The maximum Gasteiger partial charge on any atom is 0.0249 e. The Balaban J connectivity index is 1.59. The van der Waals surface area contributed by atoms with Crippen molar-refractivity contribution in [2.45, 2.75) is 64.7 Å². The van der Waals surface area contributed by atoms with Crippen molar-refractivity contribution in [1.82, 2.24) is 0 Å². The molecule has 1 aliphatic rings. The zero-order valence-corrected chi connectivity index (χ0v) is 16.7. The first-order valence-electron chi connectivity index (χ1n) is 10.5. The summed E-state index contributed by atoms with van der Waals surface area (Å²) >= 11 is 0. The van der Waals surface area contributed by atoms with E-state index in [2.05, 4.69) is 73.9 Å². The normalized spacial score (nSPS) is 18.7. The summed E-state index contributed by atoms with van der Waals surface area (Å²) in [4.78, 5) is 0. The predicted molar refractivity (Wildman–Crippen MR) is 116 cm³/mol. The van der Waals surface area contributed by atoms with E-state index in [1.165, 1.54) is 44.1 Å². The summed E-state index contributed by atoms with van der Waals surface area (Å²) in [6, 6.07) is 17.1. The zero-order chi connectivity index (χ0) is 18.9. The molecule has 2 aromatic carbocycles. The Labute approximate surface area is 165 Å². The Morgan fingerprint density at radius 3 is 1.74 bits per heavy atom. The van der Waals surface area contributed by atoms with Gasteiger partial charge >= 0.3 is 0 Å². The second kappa shape index (κ2) is 10.0. The van der Waals surface area contributed by atoms with Crippen molar-refractivity contribution >= 4 is 0 Å². The van der Waals surface area contributed by atoms with Crippen LogP contribution in [0, 0.1) is 29.6 Å². The molecular formula is C27H30. The lowest BCUT2D eigenvalue weighted by Gasteiger charge is -2.28. The number of hydrogen-bond donors (Lipinski definition) is 0. The van der Waals surface area contributed by atoms with Crippen LogP contribution < -0.4 is 0 Å². The van der Waals surface area contributed by atoms with Gasteiger partial charge in [-0.1, -0.05) is 62.5 Å². The van der Waals surface area contributed by atoms with Crippen LogP contribution in [0.15, 0.2) is 48.5 Å². The maximum absolute atomic E-state index is 3.29. The van der Waals surface area contributed by atoms with E-state index in [4.69, 9.17) is 0 Å². The lowest BCUT2D eigenvalue weighted by Crippen LogP contribution is -2.13. The quantitative estimate of drug-likeness (QED) is 0.525. The molecule has 0 heterocycles. The standard InChI is InChI=1S/C27H30/c1-3-5-7-23-8-10-24(11-9-23)12-13-25-16-20-27(21-17-25)26-18-14-22(6-4-2)15-19-26/h8-11,16-17,20-22,26H,3-4,6,14-15,18-19H2,1-2H3/t22-,26-. The molecule has 0 nitrogen and oxygen atoms in total. The molecule has 27 heavy (non-hydrogen) atoms. The lowest BCUT2D eigenvalue weighted by atomic mass is 9.77. The summed E-state index contributed by atoms with van der Waals surface area (Å²) in [7, 11) is 0. The highest BCUT2D eigenvalue weighted by molar-refractivity contribution is 5.46. The van der Waals surface area contributed by atoms with Crippen molar-refractivity contribution in [2.24, 2.45) is 5.92 Å². The largest absolute Gasteiger partial charge is 0.0982 e. The molecule has 0 heteroatoms. The highest BCUT2D eigenvalue weighted by Crippen LogP contribution is 2.37. The third-order valence-corrected chi connectivity index (χ3v) is 5.57. The van der Waals surface area contributed by atoms with Gasteiger partial charge in [0.05, 0.1) is 0 Å². The van der Waals surface area contributed by atoms with Crippen LogP contribution in [0.25, 0.3) is 0 Å². The van der Waals surface area contributed by atoms with Crippen LogP contribution in [0.2, 0.25) is 0 Å². The molecule has 2 aromatic rings. The first kappa shape index (κ1) is 19.3. The van der Waals surface area contributed by atoms with Gasteiger partial charge < -0.3 is 0 Å². The molecule has 0 amide bonds. The summed E-state index contributed by atoms with van der Waals surface area (Å²) in [6.45, 7) is 4.37. The number of hydrogen-bond acceptors (Lipinski definition) is 0. The smallest absolute Gasteiger partial charge is 0.0249 e. The van der Waals surface area contributed by atoms with E-state index in [1.807, 2.05) is 12.1 Å². The second-order valence-electron chi connectivity index (χ2n) is 7.61. The van der Waals surface area contributed by atoms with Crippen molar-refractivity contribution in [2.75, 3.05) is 0 Å². The lowest BCUT2D eigenvalue weighted by molar-refractivity contribution is 0.308. The van der Waals surface area contributed by atoms with Gasteiger partial charge in [-0.3, -0.25) is 0 Å². The number of rotatable bonds is 3. The fraction of sp³-hybridized carbons (Fsp3) is 0.407. The Bertz CT molecular complexity index is 823. The molecule has 0 unspecified atom stereocenters. The molecule has 1 fully saturated rings. The molecule has 0 radical (unpaired) electrons. The van der Waals surface area contributed by atoms with Crippen molar-refractivity contribution in [3.8, 4) is 23.7 Å². The van der Waals surface area contributed by atoms with Crippen molar-refractivity contribution in [3.63, 3.8) is 0 Å². The monoisotopic (exact) mass is 354 g/mol. The average Bonchev–Trinajstić information content (AvgIpc) is 2.73. The Hall–Kier alpha value is -2.44. The molecule has 0 atom stereocenters. The highest BCUT2D eigenvalue weighted by atomic mass is 14.3. The number of benzene rings is 2. The van der Waals surface area contributed by atoms with Crippen LogP contribution in [0.4, 0.5) is 0 Å². The van der Waals surface area contributed by atoms with Gasteiger partial charge in [-0.15, -0.1) is 0 Å². The summed E-state index contributed by atoms with van der Waals surface area (Å²) in [5, 5.41) is 0. The fourth-order valence-electron chi connectivity index (χ4n) is 4.00. The van der Waals surface area contributed by atoms with Gasteiger partial charge in [0.2, 0.25) is 0 Å². The van der Waals surface area contributed by atoms with Crippen molar-refractivity contribution in [1.29, 1.82) is 0 Å². The van der Waals surface area contributed by atoms with Gasteiger partial charge in [0.15, 0.2) is 0 Å². The Kier molecular flexibility index (Phi) is 7.19. The molecular weight excluding hydrogens is 324 g/mol. The molecule has 1 saturated carbocycles. The van der Waals surface area contributed by atoms with Gasteiger partial charge in [-0.05, 0) is 79.5 Å². The third kappa shape index (κ3) is 5.77. The third-order valence-electron chi connectivity index (χ3n) is 5.57. The first-order chi connectivity index (χ1) is 13.3. The van der Waals surface area contributed by atoms with Crippen molar-refractivity contribution < 1.29 is 0 Å². The van der Waals surface area contributed by atoms with Gasteiger partial charge in [0, 0.05) is 23.1 Å². The minimum atomic E-state index is 0.747. The zero-order valence-electron chi connectivity index (χ0n) is 16.7. The molecule has 0 N–H and O–H groups in total. The van der Waals surface area contributed by atoms with Crippen LogP contribution >= 0.6 is 0 Å². The Morgan fingerprint density at radius 1 is 0.704 bits per heavy atom. The average molecular weight is 355 g/mol. The molecule has 0 aromatic heterocycles. The molecule has 0 bridgehead atoms. The van der Waals surface area contributed by atoms with E-state index in [1.54, 1.807) is 0 Å². The van der Waals surface area contributed by atoms with Crippen LogP contribution in [0.1, 0.15) is 87.0 Å². The molecule has 0 aliphatic heterocycles. The highest BCUT2D eigenvalue weighted by Gasteiger charge is 2.21. The molecule has 3 rings (SSSR count). The topological polar surface area (TPSA) is 0 Å². The van der Waals surface area contributed by atoms with Gasteiger partial charge in [0.25, 0.3) is 0 Å². The molecule has 0 saturated heterocycles. The van der Waals surface area contributed by atoms with Crippen molar-refractivity contribution in [3.05, 3.63) is 70.8 Å². The van der Waals surface area contributed by atoms with Crippen LogP contribution in [0.3, 0.4) is 0 Å². The van der Waals surface area contributed by atoms with E-state index in [-0.39, 0.29) is 0 Å². The SMILES string of the molecule is CCC#Cc1ccc(C#Cc2ccc([C@H]3CC[C@H](CCC)CC3)cc2)cc1. The maximum atomic E-state index is 3.29. The molecule has 1 aliphatic carbocycles.